The van der Waals surface area contributed by atoms with Crippen LogP contribution in [-0.4, -0.2) is 63.1 Å². The molecule has 178 valence electrons. The zero-order valence-electron chi connectivity index (χ0n) is 19.1. The maximum Gasteiger partial charge on any atom is 0.255 e. The van der Waals surface area contributed by atoms with Crippen LogP contribution in [0.5, 0.6) is 0 Å². The molecule has 1 unspecified atom stereocenters. The highest BCUT2D eigenvalue weighted by atomic mass is 19.1. The van der Waals surface area contributed by atoms with Crippen molar-refractivity contribution in [2.24, 2.45) is 0 Å². The van der Waals surface area contributed by atoms with Crippen molar-refractivity contribution in [3.63, 3.8) is 0 Å². The summed E-state index contributed by atoms with van der Waals surface area (Å²) >= 11 is 0. The van der Waals surface area contributed by atoms with Crippen LogP contribution in [0.15, 0.2) is 36.8 Å². The van der Waals surface area contributed by atoms with Crippen molar-refractivity contribution in [1.82, 2.24) is 19.9 Å². The Morgan fingerprint density at radius 2 is 2.24 bits per heavy atom. The largest absolute Gasteiger partial charge is 0.387 e. The van der Waals surface area contributed by atoms with Gasteiger partial charge in [-0.1, -0.05) is 0 Å². The molecule has 3 N–H and O–H groups in total. The summed E-state index contributed by atoms with van der Waals surface area (Å²) in [7, 11) is 0. The summed E-state index contributed by atoms with van der Waals surface area (Å²) in [6.07, 6.45) is 4.89. The molecular formula is C24H27FN6O3. The van der Waals surface area contributed by atoms with Gasteiger partial charge in [0, 0.05) is 42.7 Å². The van der Waals surface area contributed by atoms with Gasteiger partial charge in [0.25, 0.3) is 5.91 Å². The van der Waals surface area contributed by atoms with E-state index in [0.29, 0.717) is 35.9 Å². The number of nitrogens with one attached hydrogen (secondary N) is 2. The first-order valence-electron chi connectivity index (χ1n) is 11.1. The van der Waals surface area contributed by atoms with Gasteiger partial charge in [-0.2, -0.15) is 5.26 Å². The Kier molecular flexibility index (Phi) is 6.77. The first kappa shape index (κ1) is 23.6. The molecular weight excluding hydrogens is 439 g/mol. The molecule has 10 heteroatoms. The summed E-state index contributed by atoms with van der Waals surface area (Å²) in [5, 5.41) is 25.6. The van der Waals surface area contributed by atoms with Crippen LogP contribution in [0.2, 0.25) is 0 Å². The minimum absolute atomic E-state index is 0.0126. The lowest BCUT2D eigenvalue weighted by atomic mass is 10.0. The molecule has 0 bridgehead atoms. The van der Waals surface area contributed by atoms with Gasteiger partial charge in [-0.25, -0.2) is 14.4 Å². The van der Waals surface area contributed by atoms with Gasteiger partial charge >= 0.3 is 0 Å². The first-order valence-corrected chi connectivity index (χ1v) is 11.1. The normalized spacial score (nSPS) is 17.2. The molecule has 2 atom stereocenters. The summed E-state index contributed by atoms with van der Waals surface area (Å²) in [6, 6.07) is 7.41. The lowest BCUT2D eigenvalue weighted by Crippen LogP contribution is -2.42. The van der Waals surface area contributed by atoms with E-state index in [1.54, 1.807) is 22.9 Å². The smallest absolute Gasteiger partial charge is 0.255 e. The molecule has 0 saturated carbocycles. The number of halogens is 1. The second-order valence-corrected chi connectivity index (χ2v) is 8.91. The number of nitrogens with zero attached hydrogens (tertiary/aromatic N) is 4. The lowest BCUT2D eigenvalue weighted by Gasteiger charge is -2.26. The maximum absolute atomic E-state index is 14.2. The number of fused-ring (bicyclic) bond motifs is 1. The van der Waals surface area contributed by atoms with Crippen molar-refractivity contribution < 1.29 is 19.0 Å². The predicted molar refractivity (Wildman–Crippen MR) is 125 cm³/mol. The molecule has 1 amide bonds. The van der Waals surface area contributed by atoms with E-state index in [1.807, 2.05) is 6.07 Å². The summed E-state index contributed by atoms with van der Waals surface area (Å²) in [5.74, 6) is 0.0298. The number of ether oxygens (including phenoxy) is 1. The van der Waals surface area contributed by atoms with E-state index in [0.717, 1.165) is 18.2 Å². The first-order chi connectivity index (χ1) is 16.3. The van der Waals surface area contributed by atoms with Crippen LogP contribution in [-0.2, 0) is 4.74 Å². The Morgan fingerprint density at radius 3 is 2.94 bits per heavy atom. The molecule has 3 aromatic rings. The molecule has 1 saturated heterocycles. The van der Waals surface area contributed by atoms with Crippen molar-refractivity contribution in [3.8, 4) is 11.9 Å². The van der Waals surface area contributed by atoms with Crippen LogP contribution in [0.25, 0.3) is 16.9 Å². The minimum atomic E-state index is -1.62. The van der Waals surface area contributed by atoms with Gasteiger partial charge in [0.1, 0.15) is 23.7 Å². The molecule has 1 aliphatic rings. The van der Waals surface area contributed by atoms with Crippen molar-refractivity contribution >= 4 is 22.6 Å². The lowest BCUT2D eigenvalue weighted by molar-refractivity contribution is -0.00177. The third-order valence-corrected chi connectivity index (χ3v) is 5.76. The fourth-order valence-corrected chi connectivity index (χ4v) is 3.75. The van der Waals surface area contributed by atoms with E-state index >= 15 is 0 Å². The summed E-state index contributed by atoms with van der Waals surface area (Å²) in [4.78, 5) is 21.7. The number of nitriles is 1. The third kappa shape index (κ3) is 5.16. The van der Waals surface area contributed by atoms with Crippen molar-refractivity contribution in [1.29, 1.82) is 5.26 Å². The van der Waals surface area contributed by atoms with Gasteiger partial charge < -0.3 is 20.5 Å². The van der Waals surface area contributed by atoms with Gasteiger partial charge in [-0.15, -0.1) is 0 Å². The number of hydrogen-bond acceptors (Lipinski definition) is 7. The van der Waals surface area contributed by atoms with Crippen LogP contribution in [0.3, 0.4) is 0 Å². The predicted octanol–water partition coefficient (Wildman–Crippen LogP) is 2.72. The van der Waals surface area contributed by atoms with E-state index < -0.39 is 17.7 Å². The van der Waals surface area contributed by atoms with E-state index in [2.05, 4.69) is 26.7 Å². The molecule has 1 fully saturated rings. The van der Waals surface area contributed by atoms with Crippen molar-refractivity contribution in [3.05, 3.63) is 47.9 Å². The average Bonchev–Trinajstić information content (AvgIpc) is 3.25. The topological polar surface area (TPSA) is 125 Å². The molecule has 0 radical (unpaired) electrons. The molecule has 1 aliphatic heterocycles. The summed E-state index contributed by atoms with van der Waals surface area (Å²) in [5.41, 5.74) is 0.313. The fourth-order valence-electron chi connectivity index (χ4n) is 3.75. The third-order valence-electron chi connectivity index (χ3n) is 5.76. The standard InChI is InChI=1S/C24H27FN6O3/c1-24(2,33)20(25)13-29-23(32)18-12-27-21(9-19(18)30-17-4-3-7-34-14-17)31-6-5-16-8-15(10-26)11-28-22(16)31/h5-6,8-9,11-12,17,20,33H,3-4,7,13-14H2,1-2H3,(H,27,30)(H,29,32)/t17?,20-/m1/s1. The Labute approximate surface area is 196 Å². The molecule has 0 aromatic carbocycles. The highest BCUT2D eigenvalue weighted by molar-refractivity contribution is 5.99. The molecule has 3 aromatic heterocycles. The van der Waals surface area contributed by atoms with Crippen molar-refractivity contribution in [2.75, 3.05) is 25.1 Å². The molecule has 0 aliphatic carbocycles. The number of amides is 1. The quantitative estimate of drug-likeness (QED) is 0.489. The molecule has 4 rings (SSSR count). The summed E-state index contributed by atoms with van der Waals surface area (Å²) in [6.45, 7) is 3.59. The van der Waals surface area contributed by atoms with Gasteiger partial charge in [-0.3, -0.25) is 9.36 Å². The Hall–Kier alpha value is -3.55. The number of pyridine rings is 2. The fraction of sp³-hybridized carbons (Fsp3) is 0.417. The van der Waals surface area contributed by atoms with E-state index in [9.17, 15) is 14.3 Å². The zero-order chi connectivity index (χ0) is 24.3. The zero-order valence-corrected chi connectivity index (χ0v) is 19.1. The average molecular weight is 467 g/mol. The number of aromatic nitrogens is 3. The number of alkyl halides is 1. The number of rotatable bonds is 7. The molecule has 9 nitrogen and oxygen atoms in total. The number of carbonyl (C=O) groups is 1. The minimum Gasteiger partial charge on any atom is -0.387 e. The summed E-state index contributed by atoms with van der Waals surface area (Å²) < 4.78 is 21.5. The van der Waals surface area contributed by atoms with Crippen molar-refractivity contribution in [2.45, 2.75) is 44.5 Å². The second kappa shape index (κ2) is 9.75. The van der Waals surface area contributed by atoms with Crippen LogP contribution in [0.4, 0.5) is 10.1 Å². The van der Waals surface area contributed by atoms with Gasteiger partial charge in [-0.05, 0) is 38.8 Å². The van der Waals surface area contributed by atoms with E-state index in [-0.39, 0.29) is 18.2 Å². The number of carbonyl (C=O) groups excluding carboxylic acids is 1. The SMILES string of the molecule is CC(C)(O)[C@H](F)CNC(=O)c1cnc(-n2ccc3cc(C#N)cnc32)cc1NC1CCCOC1. The van der Waals surface area contributed by atoms with Crippen LogP contribution < -0.4 is 10.6 Å². The van der Waals surface area contributed by atoms with Crippen LogP contribution >= 0.6 is 0 Å². The van der Waals surface area contributed by atoms with Gasteiger partial charge in [0.2, 0.25) is 0 Å². The molecule has 34 heavy (non-hydrogen) atoms. The van der Waals surface area contributed by atoms with Gasteiger partial charge in [0.15, 0.2) is 0 Å². The molecule has 0 spiro atoms. The second-order valence-electron chi connectivity index (χ2n) is 8.91. The Bertz CT molecular complexity index is 1220. The molecule has 4 heterocycles. The van der Waals surface area contributed by atoms with Gasteiger partial charge in [0.05, 0.1) is 35.6 Å². The van der Waals surface area contributed by atoms with Crippen LogP contribution in [0.1, 0.15) is 42.6 Å². The number of hydrogen-bond donors (Lipinski definition) is 3. The highest BCUT2D eigenvalue weighted by Gasteiger charge is 2.27. The van der Waals surface area contributed by atoms with E-state index in [1.165, 1.54) is 26.2 Å². The maximum atomic E-state index is 14.2. The monoisotopic (exact) mass is 466 g/mol. The number of aliphatic hydroxyl groups is 1. The van der Waals surface area contributed by atoms with E-state index in [4.69, 9.17) is 10.00 Å². The number of anilines is 1. The highest BCUT2D eigenvalue weighted by Crippen LogP contribution is 2.25. The Morgan fingerprint density at radius 1 is 1.41 bits per heavy atom. The Balaban J connectivity index is 1.65. The van der Waals surface area contributed by atoms with Crippen LogP contribution in [0, 0.1) is 11.3 Å².